The van der Waals surface area contributed by atoms with Gasteiger partial charge in [-0.25, -0.2) is 0 Å². The standard InChI is InChI=1S/C18H22N2O3/c1-13(2)17(18(22)19-11-15-8-9-23-12-15)20-16(21)10-14-6-4-3-5-7-14/h3-9,12-13,17H,10-11H2,1-2H3,(H,19,22)(H,20,21)/t17-/m1/s1. The first-order valence-electron chi connectivity index (χ1n) is 7.68. The molecule has 0 spiro atoms. The predicted molar refractivity (Wildman–Crippen MR) is 87.5 cm³/mol. The van der Waals surface area contributed by atoms with Crippen LogP contribution in [-0.2, 0) is 22.6 Å². The highest BCUT2D eigenvalue weighted by atomic mass is 16.3. The molecule has 0 aliphatic rings. The van der Waals surface area contributed by atoms with E-state index < -0.39 is 6.04 Å². The lowest BCUT2D eigenvalue weighted by Crippen LogP contribution is -2.49. The van der Waals surface area contributed by atoms with Crippen LogP contribution in [0.1, 0.15) is 25.0 Å². The van der Waals surface area contributed by atoms with Crippen molar-refractivity contribution in [3.8, 4) is 0 Å². The topological polar surface area (TPSA) is 71.3 Å². The van der Waals surface area contributed by atoms with Crippen LogP contribution >= 0.6 is 0 Å². The molecule has 2 aromatic rings. The van der Waals surface area contributed by atoms with Crippen LogP contribution < -0.4 is 10.6 Å². The molecule has 5 nitrogen and oxygen atoms in total. The van der Waals surface area contributed by atoms with E-state index in [4.69, 9.17) is 4.42 Å². The Morgan fingerprint density at radius 3 is 2.43 bits per heavy atom. The van der Waals surface area contributed by atoms with Crippen molar-refractivity contribution in [1.82, 2.24) is 10.6 Å². The zero-order chi connectivity index (χ0) is 16.7. The first-order chi connectivity index (χ1) is 11.1. The molecule has 0 aliphatic heterocycles. The fraction of sp³-hybridized carbons (Fsp3) is 0.333. The van der Waals surface area contributed by atoms with E-state index in [1.807, 2.05) is 44.2 Å². The first kappa shape index (κ1) is 16.8. The van der Waals surface area contributed by atoms with Crippen LogP contribution in [0, 0.1) is 5.92 Å². The average Bonchev–Trinajstić information content (AvgIpc) is 3.04. The van der Waals surface area contributed by atoms with E-state index in [9.17, 15) is 9.59 Å². The first-order valence-corrected chi connectivity index (χ1v) is 7.68. The van der Waals surface area contributed by atoms with Gasteiger partial charge in [0.05, 0.1) is 18.9 Å². The summed E-state index contributed by atoms with van der Waals surface area (Å²) in [6, 6.07) is 10.7. The summed E-state index contributed by atoms with van der Waals surface area (Å²) in [5.74, 6) is -0.352. The summed E-state index contributed by atoms with van der Waals surface area (Å²) < 4.78 is 4.96. The highest BCUT2D eigenvalue weighted by Crippen LogP contribution is 2.06. The van der Waals surface area contributed by atoms with Gasteiger partial charge in [0.15, 0.2) is 0 Å². The van der Waals surface area contributed by atoms with E-state index in [-0.39, 0.29) is 24.2 Å². The zero-order valence-corrected chi connectivity index (χ0v) is 13.4. The third-order valence-corrected chi connectivity index (χ3v) is 3.52. The van der Waals surface area contributed by atoms with Gasteiger partial charge in [0, 0.05) is 12.1 Å². The van der Waals surface area contributed by atoms with Crippen LogP contribution in [0.4, 0.5) is 0 Å². The number of carbonyl (C=O) groups excluding carboxylic acids is 2. The SMILES string of the molecule is CC(C)[C@@H](NC(=O)Cc1ccccc1)C(=O)NCc1ccoc1. The summed E-state index contributed by atoms with van der Waals surface area (Å²) in [4.78, 5) is 24.5. The van der Waals surface area contributed by atoms with Crippen molar-refractivity contribution in [3.05, 3.63) is 60.1 Å². The summed E-state index contributed by atoms with van der Waals surface area (Å²) in [5.41, 5.74) is 1.81. The quantitative estimate of drug-likeness (QED) is 0.823. The molecule has 0 saturated heterocycles. The molecule has 1 aromatic heterocycles. The van der Waals surface area contributed by atoms with Crippen molar-refractivity contribution < 1.29 is 14.0 Å². The van der Waals surface area contributed by atoms with Gasteiger partial charge in [-0.05, 0) is 17.5 Å². The molecule has 1 heterocycles. The smallest absolute Gasteiger partial charge is 0.243 e. The van der Waals surface area contributed by atoms with Crippen LogP contribution in [0.15, 0.2) is 53.3 Å². The number of benzene rings is 1. The van der Waals surface area contributed by atoms with E-state index in [0.717, 1.165) is 11.1 Å². The summed E-state index contributed by atoms with van der Waals surface area (Å²) in [6.45, 7) is 4.20. The number of nitrogens with one attached hydrogen (secondary N) is 2. The highest BCUT2D eigenvalue weighted by molar-refractivity contribution is 5.88. The molecule has 1 atom stereocenters. The summed E-state index contributed by atoms with van der Waals surface area (Å²) in [7, 11) is 0. The number of rotatable bonds is 7. The third-order valence-electron chi connectivity index (χ3n) is 3.52. The van der Waals surface area contributed by atoms with Gasteiger partial charge in [0.2, 0.25) is 11.8 Å². The Morgan fingerprint density at radius 1 is 1.09 bits per heavy atom. The Hall–Kier alpha value is -2.56. The number of hydrogen-bond donors (Lipinski definition) is 2. The second-order valence-corrected chi connectivity index (χ2v) is 5.80. The average molecular weight is 314 g/mol. The molecule has 1 aromatic carbocycles. The molecular formula is C18H22N2O3. The fourth-order valence-corrected chi connectivity index (χ4v) is 2.23. The Balaban J connectivity index is 1.89. The van der Waals surface area contributed by atoms with E-state index >= 15 is 0 Å². The minimum absolute atomic E-state index is 0.000858. The Morgan fingerprint density at radius 2 is 1.83 bits per heavy atom. The summed E-state index contributed by atoms with van der Waals surface area (Å²) in [5, 5.41) is 5.64. The largest absolute Gasteiger partial charge is 0.472 e. The van der Waals surface area contributed by atoms with Gasteiger partial charge in [-0.15, -0.1) is 0 Å². The van der Waals surface area contributed by atoms with Crippen molar-refractivity contribution in [1.29, 1.82) is 0 Å². The van der Waals surface area contributed by atoms with Crippen LogP contribution in [0.3, 0.4) is 0 Å². The molecular weight excluding hydrogens is 292 g/mol. The second-order valence-electron chi connectivity index (χ2n) is 5.80. The lowest BCUT2D eigenvalue weighted by atomic mass is 10.0. The lowest BCUT2D eigenvalue weighted by molar-refractivity contribution is -0.129. The molecule has 23 heavy (non-hydrogen) atoms. The van der Waals surface area contributed by atoms with Gasteiger partial charge >= 0.3 is 0 Å². The van der Waals surface area contributed by atoms with Crippen LogP contribution in [0.25, 0.3) is 0 Å². The van der Waals surface area contributed by atoms with Crippen LogP contribution in [0.5, 0.6) is 0 Å². The molecule has 2 amide bonds. The van der Waals surface area contributed by atoms with Gasteiger partial charge in [-0.1, -0.05) is 44.2 Å². The Bertz CT molecular complexity index is 621. The maximum Gasteiger partial charge on any atom is 0.243 e. The summed E-state index contributed by atoms with van der Waals surface area (Å²) in [6.07, 6.45) is 3.40. The normalized spacial score (nSPS) is 12.0. The molecule has 0 saturated carbocycles. The zero-order valence-electron chi connectivity index (χ0n) is 13.4. The highest BCUT2D eigenvalue weighted by Gasteiger charge is 2.23. The van der Waals surface area contributed by atoms with Gasteiger partial charge in [0.25, 0.3) is 0 Å². The van der Waals surface area contributed by atoms with Gasteiger partial charge in [-0.3, -0.25) is 9.59 Å². The van der Waals surface area contributed by atoms with E-state index in [1.165, 1.54) is 0 Å². The number of amides is 2. The molecule has 5 heteroatoms. The Labute approximate surface area is 136 Å². The molecule has 122 valence electrons. The van der Waals surface area contributed by atoms with Gasteiger partial charge in [0.1, 0.15) is 6.04 Å². The third kappa shape index (κ3) is 5.29. The van der Waals surface area contributed by atoms with Gasteiger partial charge in [-0.2, -0.15) is 0 Å². The Kier molecular flexibility index (Phi) is 5.97. The van der Waals surface area contributed by atoms with Gasteiger partial charge < -0.3 is 15.1 Å². The van der Waals surface area contributed by atoms with Crippen molar-refractivity contribution in [2.24, 2.45) is 5.92 Å². The fourth-order valence-electron chi connectivity index (χ4n) is 2.23. The minimum Gasteiger partial charge on any atom is -0.472 e. The van der Waals surface area contributed by atoms with Crippen molar-refractivity contribution in [2.45, 2.75) is 32.9 Å². The molecule has 2 N–H and O–H groups in total. The molecule has 0 bridgehead atoms. The van der Waals surface area contributed by atoms with Crippen molar-refractivity contribution in [3.63, 3.8) is 0 Å². The van der Waals surface area contributed by atoms with E-state index in [0.29, 0.717) is 6.54 Å². The number of carbonyl (C=O) groups is 2. The van der Waals surface area contributed by atoms with Crippen molar-refractivity contribution >= 4 is 11.8 Å². The second kappa shape index (κ2) is 8.17. The van der Waals surface area contributed by atoms with Crippen LogP contribution in [-0.4, -0.2) is 17.9 Å². The van der Waals surface area contributed by atoms with E-state index in [2.05, 4.69) is 10.6 Å². The number of hydrogen-bond acceptors (Lipinski definition) is 3. The maximum absolute atomic E-state index is 12.3. The minimum atomic E-state index is -0.557. The number of furan rings is 1. The summed E-state index contributed by atoms with van der Waals surface area (Å²) >= 11 is 0. The monoisotopic (exact) mass is 314 g/mol. The predicted octanol–water partition coefficient (Wildman–Crippen LogP) is 2.28. The molecule has 0 fully saturated rings. The molecule has 0 aliphatic carbocycles. The van der Waals surface area contributed by atoms with Crippen molar-refractivity contribution in [2.75, 3.05) is 0 Å². The molecule has 2 rings (SSSR count). The van der Waals surface area contributed by atoms with Crippen LogP contribution in [0.2, 0.25) is 0 Å². The molecule has 0 unspecified atom stereocenters. The van der Waals surface area contributed by atoms with E-state index in [1.54, 1.807) is 18.6 Å². The lowest BCUT2D eigenvalue weighted by Gasteiger charge is -2.21. The maximum atomic E-state index is 12.3. The molecule has 0 radical (unpaired) electrons.